The summed E-state index contributed by atoms with van der Waals surface area (Å²) in [4.78, 5) is 42.4. The lowest BCUT2D eigenvalue weighted by Crippen LogP contribution is -2.51. The second-order valence-corrected chi connectivity index (χ2v) is 15.4. The number of quaternary nitrogens is 1. The monoisotopic (exact) mass is 755 g/mol. The number of amides is 1. The number of hydrogen-bond acceptors (Lipinski definition) is 7. The van der Waals surface area contributed by atoms with Gasteiger partial charge in [-0.1, -0.05) is 156 Å². The fourth-order valence-corrected chi connectivity index (χ4v) is 7.12. The molecule has 5 N–H and O–H groups in total. The second kappa shape index (κ2) is 38.6. The van der Waals surface area contributed by atoms with Gasteiger partial charge in [-0.15, -0.1) is 0 Å². The molecule has 314 valence electrons. The SMILES string of the molecule is CCCCCCCCC(CCCCCC)C(=O)OCCN(CCOC(=O)C(CCCCCC)CCCCCCCC)C(=O)[C@H](CCCC[NH3+])NCCO. The van der Waals surface area contributed by atoms with E-state index in [1.54, 1.807) is 4.90 Å². The van der Waals surface area contributed by atoms with Gasteiger partial charge in [0.15, 0.2) is 0 Å². The molecule has 0 aliphatic heterocycles. The first-order valence-corrected chi connectivity index (χ1v) is 22.6. The fraction of sp³-hybridized carbons (Fsp3) is 0.932. The van der Waals surface area contributed by atoms with Crippen molar-refractivity contribution in [1.29, 1.82) is 0 Å². The van der Waals surface area contributed by atoms with Gasteiger partial charge in [0.25, 0.3) is 0 Å². The molecule has 0 aromatic rings. The highest BCUT2D eigenvalue weighted by atomic mass is 16.5. The third-order valence-corrected chi connectivity index (χ3v) is 10.6. The molecule has 0 spiro atoms. The van der Waals surface area contributed by atoms with Crippen molar-refractivity contribution in [3.05, 3.63) is 0 Å². The van der Waals surface area contributed by atoms with Crippen LogP contribution in [-0.4, -0.2) is 79.9 Å². The summed E-state index contributed by atoms with van der Waals surface area (Å²) in [5, 5.41) is 12.7. The minimum absolute atomic E-state index is 0.0646. The van der Waals surface area contributed by atoms with Crippen molar-refractivity contribution >= 4 is 17.8 Å². The topological polar surface area (TPSA) is 133 Å². The number of hydrogen-bond donors (Lipinski definition) is 3. The smallest absolute Gasteiger partial charge is 0.308 e. The molecule has 1 amide bonds. The highest BCUT2D eigenvalue weighted by Gasteiger charge is 2.26. The minimum atomic E-state index is -0.474. The number of rotatable bonds is 40. The molecule has 3 atom stereocenters. The number of carbonyl (C=O) groups is 3. The van der Waals surface area contributed by atoms with Crippen molar-refractivity contribution in [2.75, 3.05) is 46.0 Å². The third-order valence-electron chi connectivity index (χ3n) is 10.6. The Balaban J connectivity index is 5.57. The van der Waals surface area contributed by atoms with E-state index in [-0.39, 0.29) is 62.6 Å². The molecule has 0 aliphatic rings. The molecule has 0 fully saturated rings. The number of carbonyl (C=O) groups excluding carboxylic acids is 3. The molecule has 9 heteroatoms. The second-order valence-electron chi connectivity index (χ2n) is 15.4. The Hall–Kier alpha value is -1.71. The molecule has 0 aromatic carbocycles. The van der Waals surface area contributed by atoms with Crippen LogP contribution in [0.2, 0.25) is 0 Å². The molecule has 0 aliphatic carbocycles. The Morgan fingerprint density at radius 2 is 0.906 bits per heavy atom. The van der Waals surface area contributed by atoms with Crippen molar-refractivity contribution in [2.24, 2.45) is 11.8 Å². The number of ether oxygens (including phenoxy) is 2. The van der Waals surface area contributed by atoms with Gasteiger partial charge in [-0.25, -0.2) is 0 Å². The van der Waals surface area contributed by atoms with Crippen LogP contribution in [0.3, 0.4) is 0 Å². The number of nitrogens with one attached hydrogen (secondary N) is 1. The Labute approximate surface area is 327 Å². The Morgan fingerprint density at radius 3 is 1.28 bits per heavy atom. The maximum atomic E-state index is 14.0. The predicted octanol–water partition coefficient (Wildman–Crippen LogP) is 8.94. The van der Waals surface area contributed by atoms with Crippen LogP contribution >= 0.6 is 0 Å². The number of esters is 2. The number of aliphatic hydroxyl groups is 1. The van der Waals surface area contributed by atoms with E-state index in [1.807, 2.05) is 0 Å². The van der Waals surface area contributed by atoms with Crippen LogP contribution in [0.5, 0.6) is 0 Å². The summed E-state index contributed by atoms with van der Waals surface area (Å²) in [6.07, 6.45) is 29.1. The van der Waals surface area contributed by atoms with Crippen LogP contribution in [0, 0.1) is 11.8 Å². The summed E-state index contributed by atoms with van der Waals surface area (Å²) < 4.78 is 11.8. The average molecular weight is 755 g/mol. The molecule has 0 heterocycles. The zero-order valence-corrected chi connectivity index (χ0v) is 35.4. The van der Waals surface area contributed by atoms with E-state index in [0.29, 0.717) is 13.0 Å². The molecule has 0 rings (SSSR count). The van der Waals surface area contributed by atoms with Crippen LogP contribution in [0.15, 0.2) is 0 Å². The van der Waals surface area contributed by atoms with Crippen molar-refractivity contribution in [1.82, 2.24) is 10.2 Å². The molecule has 0 saturated carbocycles. The van der Waals surface area contributed by atoms with Crippen LogP contribution in [-0.2, 0) is 23.9 Å². The quantitative estimate of drug-likeness (QED) is 0.0420. The van der Waals surface area contributed by atoms with Gasteiger partial charge >= 0.3 is 11.9 Å². The van der Waals surface area contributed by atoms with Gasteiger partial charge in [-0.05, 0) is 44.9 Å². The lowest BCUT2D eigenvalue weighted by atomic mass is 9.94. The lowest BCUT2D eigenvalue weighted by molar-refractivity contribution is -0.368. The van der Waals surface area contributed by atoms with E-state index in [2.05, 4.69) is 38.7 Å². The zero-order valence-electron chi connectivity index (χ0n) is 35.4. The summed E-state index contributed by atoms with van der Waals surface area (Å²) in [7, 11) is 0. The van der Waals surface area contributed by atoms with Gasteiger partial charge in [0.1, 0.15) is 13.2 Å². The molecule has 0 radical (unpaired) electrons. The largest absolute Gasteiger partial charge is 0.464 e. The van der Waals surface area contributed by atoms with Crippen molar-refractivity contribution in [3.8, 4) is 0 Å². The molecule has 9 nitrogen and oxygen atoms in total. The lowest BCUT2D eigenvalue weighted by Gasteiger charge is -2.28. The van der Waals surface area contributed by atoms with E-state index in [1.165, 1.54) is 64.2 Å². The van der Waals surface area contributed by atoms with Gasteiger partial charge in [-0.3, -0.25) is 14.4 Å². The predicted molar refractivity (Wildman–Crippen MR) is 219 cm³/mol. The molecular weight excluding hydrogens is 666 g/mol. The highest BCUT2D eigenvalue weighted by molar-refractivity contribution is 5.82. The van der Waals surface area contributed by atoms with Gasteiger partial charge < -0.3 is 30.5 Å². The first-order valence-electron chi connectivity index (χ1n) is 22.6. The van der Waals surface area contributed by atoms with Gasteiger partial charge in [0, 0.05) is 6.54 Å². The number of nitrogens with zero attached hydrogens (tertiary/aromatic N) is 1. The number of unbranched alkanes of at least 4 members (excludes halogenated alkanes) is 17. The Kier molecular flexibility index (Phi) is 37.3. The van der Waals surface area contributed by atoms with E-state index in [9.17, 15) is 19.5 Å². The van der Waals surface area contributed by atoms with Gasteiger partial charge in [0.05, 0.1) is 44.1 Å². The molecule has 2 unspecified atom stereocenters. The zero-order chi connectivity index (χ0) is 39.2. The Morgan fingerprint density at radius 1 is 0.547 bits per heavy atom. The van der Waals surface area contributed by atoms with Gasteiger partial charge in [-0.2, -0.15) is 0 Å². The molecule has 0 aromatic heterocycles. The maximum absolute atomic E-state index is 14.0. The number of aliphatic hydroxyl groups excluding tert-OH is 1. The van der Waals surface area contributed by atoms with Crippen molar-refractivity contribution < 1.29 is 34.7 Å². The summed E-state index contributed by atoms with van der Waals surface area (Å²) >= 11 is 0. The first kappa shape index (κ1) is 51.3. The van der Waals surface area contributed by atoms with Crippen molar-refractivity contribution in [2.45, 2.75) is 207 Å². The van der Waals surface area contributed by atoms with E-state index < -0.39 is 6.04 Å². The third kappa shape index (κ3) is 29.3. The maximum Gasteiger partial charge on any atom is 0.308 e. The van der Waals surface area contributed by atoms with Gasteiger partial charge in [0.2, 0.25) is 5.91 Å². The molecule has 0 bridgehead atoms. The fourth-order valence-electron chi connectivity index (χ4n) is 7.12. The average Bonchev–Trinajstić information content (AvgIpc) is 3.16. The first-order chi connectivity index (χ1) is 25.9. The molecule has 53 heavy (non-hydrogen) atoms. The Bertz CT molecular complexity index is 794. The summed E-state index contributed by atoms with van der Waals surface area (Å²) in [5.41, 5.74) is 3.94. The standard InChI is InChI=1S/C44H87N3O6/c1-5-9-13-17-19-23-29-39(27-21-15-11-7-3)43(50)52-37-34-47(42(49)41(46-33-36-48)31-25-26-32-45)35-38-53-44(51)40(28-22-16-12-8-4)30-24-20-18-14-10-6-2/h39-41,46,48H,5-38,45H2,1-4H3/p+1/t39?,40?,41-/m0/s1. The summed E-state index contributed by atoms with van der Waals surface area (Å²) in [5.74, 6) is -0.628. The summed E-state index contributed by atoms with van der Waals surface area (Å²) in [6, 6.07) is -0.474. The van der Waals surface area contributed by atoms with Crippen LogP contribution in [0.4, 0.5) is 0 Å². The normalized spacial score (nSPS) is 13.1. The molecular formula is C44H88N3O6+. The van der Waals surface area contributed by atoms with Crippen LogP contribution in [0.25, 0.3) is 0 Å². The van der Waals surface area contributed by atoms with E-state index in [0.717, 1.165) is 109 Å². The van der Waals surface area contributed by atoms with Crippen molar-refractivity contribution in [3.63, 3.8) is 0 Å². The van der Waals surface area contributed by atoms with E-state index in [4.69, 9.17) is 9.47 Å². The highest BCUT2D eigenvalue weighted by Crippen LogP contribution is 2.22. The van der Waals surface area contributed by atoms with Crippen LogP contribution < -0.4 is 11.1 Å². The van der Waals surface area contributed by atoms with E-state index >= 15 is 0 Å². The van der Waals surface area contributed by atoms with Crippen LogP contribution in [0.1, 0.15) is 201 Å². The molecule has 0 saturated heterocycles. The summed E-state index contributed by atoms with van der Waals surface area (Å²) in [6.45, 7) is 10.6. The minimum Gasteiger partial charge on any atom is -0.464 e.